The van der Waals surface area contributed by atoms with Crippen molar-refractivity contribution in [1.82, 2.24) is 15.0 Å². The quantitative estimate of drug-likeness (QED) is 0.189. The number of rotatable bonds is 3. The van der Waals surface area contributed by atoms with Gasteiger partial charge in [0.2, 0.25) is 0 Å². The van der Waals surface area contributed by atoms with Gasteiger partial charge in [-0.05, 0) is 68.8 Å². The Morgan fingerprint density at radius 2 is 0.902 bits per heavy atom. The zero-order valence-corrected chi connectivity index (χ0v) is 29.2. The van der Waals surface area contributed by atoms with Crippen LogP contribution in [-0.4, -0.2) is 15.0 Å². The maximum atomic E-state index is 6.81. The summed E-state index contributed by atoms with van der Waals surface area (Å²) in [7, 11) is 0. The molecule has 1 aromatic heterocycles. The van der Waals surface area contributed by atoms with Crippen LogP contribution in [0.25, 0.3) is 45.3 Å². The molecule has 0 saturated heterocycles. The minimum Gasteiger partial charge on any atom is -0.457 e. The second-order valence-electron chi connectivity index (χ2n) is 15.5. The fourth-order valence-corrected chi connectivity index (χ4v) is 9.48. The average molecular weight is 660 g/mol. The summed E-state index contributed by atoms with van der Waals surface area (Å²) in [6.45, 7) is 9.38. The van der Waals surface area contributed by atoms with E-state index < -0.39 is 5.41 Å². The van der Waals surface area contributed by atoms with Gasteiger partial charge in [-0.25, -0.2) is 15.0 Å². The van der Waals surface area contributed by atoms with Gasteiger partial charge in [0.15, 0.2) is 17.5 Å². The van der Waals surface area contributed by atoms with Crippen LogP contribution in [0, 0.1) is 0 Å². The van der Waals surface area contributed by atoms with Gasteiger partial charge in [0, 0.05) is 27.8 Å². The summed E-state index contributed by atoms with van der Waals surface area (Å²) in [6.07, 6.45) is 1.10. The smallest absolute Gasteiger partial charge is 0.164 e. The van der Waals surface area contributed by atoms with Crippen molar-refractivity contribution >= 4 is 0 Å². The highest BCUT2D eigenvalue weighted by Gasteiger charge is 2.51. The molecular formula is C47H37N3O. The monoisotopic (exact) mass is 659 g/mol. The van der Waals surface area contributed by atoms with Crippen LogP contribution in [0.5, 0.6) is 11.5 Å². The summed E-state index contributed by atoms with van der Waals surface area (Å²) >= 11 is 0. The zero-order valence-electron chi connectivity index (χ0n) is 29.2. The number of hydrogen-bond donors (Lipinski definition) is 0. The Balaban J connectivity index is 1.18. The third-order valence-corrected chi connectivity index (χ3v) is 11.4. The molecule has 7 aromatic rings. The number of nitrogens with zero attached hydrogens (tertiary/aromatic N) is 3. The summed E-state index contributed by atoms with van der Waals surface area (Å²) in [6, 6.07) is 49.6. The molecule has 4 nitrogen and oxygen atoms in total. The number of ether oxygens (including phenoxy) is 1. The SMILES string of the molecule is CC1(C)CC(C)(C)c2cc(-c3nc(-c4ccccc4)nc(-c4ccc5c(c4)Oc4ccccc4C54c5ccccc5-c5ccccc54)n3)ccc21. The molecule has 4 heteroatoms. The van der Waals surface area contributed by atoms with Crippen molar-refractivity contribution in [3.8, 4) is 56.8 Å². The molecule has 2 heterocycles. The maximum absolute atomic E-state index is 6.81. The predicted octanol–water partition coefficient (Wildman–Crippen LogP) is 11.3. The van der Waals surface area contributed by atoms with Crippen molar-refractivity contribution in [2.45, 2.75) is 50.4 Å². The lowest BCUT2D eigenvalue weighted by molar-refractivity contribution is 0.403. The molecule has 0 amide bonds. The number of hydrogen-bond acceptors (Lipinski definition) is 4. The van der Waals surface area contributed by atoms with Crippen LogP contribution in [0.3, 0.4) is 0 Å². The molecule has 2 aliphatic carbocycles. The Hall–Kier alpha value is -5.87. The topological polar surface area (TPSA) is 47.9 Å². The average Bonchev–Trinajstić information content (AvgIpc) is 3.55. The molecule has 1 aliphatic heterocycles. The lowest BCUT2D eigenvalue weighted by Gasteiger charge is -2.39. The summed E-state index contributed by atoms with van der Waals surface area (Å²) < 4.78 is 6.81. The van der Waals surface area contributed by atoms with Crippen LogP contribution in [0.2, 0.25) is 0 Å². The number of fused-ring (bicyclic) bond motifs is 10. The van der Waals surface area contributed by atoms with Gasteiger partial charge < -0.3 is 4.74 Å². The highest BCUT2D eigenvalue weighted by atomic mass is 16.5. The maximum Gasteiger partial charge on any atom is 0.164 e. The third-order valence-electron chi connectivity index (χ3n) is 11.4. The fraction of sp³-hybridized carbons (Fsp3) is 0.170. The summed E-state index contributed by atoms with van der Waals surface area (Å²) in [5.74, 6) is 3.60. The molecule has 246 valence electrons. The lowest BCUT2D eigenvalue weighted by Crippen LogP contribution is -2.32. The van der Waals surface area contributed by atoms with Crippen molar-refractivity contribution in [3.63, 3.8) is 0 Å². The Labute approximate surface area is 298 Å². The lowest BCUT2D eigenvalue weighted by atomic mass is 9.66. The minimum absolute atomic E-state index is 0.0620. The molecule has 0 N–H and O–H groups in total. The van der Waals surface area contributed by atoms with E-state index in [0.29, 0.717) is 17.5 Å². The molecule has 10 rings (SSSR count). The molecule has 0 atom stereocenters. The number of para-hydroxylation sites is 1. The van der Waals surface area contributed by atoms with E-state index in [0.717, 1.165) is 45.7 Å². The van der Waals surface area contributed by atoms with Gasteiger partial charge in [0.1, 0.15) is 11.5 Å². The molecule has 6 aromatic carbocycles. The Bertz CT molecular complexity index is 2500. The molecule has 0 radical (unpaired) electrons. The highest BCUT2D eigenvalue weighted by Crippen LogP contribution is 2.62. The van der Waals surface area contributed by atoms with E-state index in [4.69, 9.17) is 19.7 Å². The predicted molar refractivity (Wildman–Crippen MR) is 204 cm³/mol. The van der Waals surface area contributed by atoms with Gasteiger partial charge in [-0.3, -0.25) is 0 Å². The molecule has 0 bridgehead atoms. The third kappa shape index (κ3) is 4.29. The van der Waals surface area contributed by atoms with Crippen LogP contribution < -0.4 is 4.74 Å². The second-order valence-corrected chi connectivity index (χ2v) is 15.5. The van der Waals surface area contributed by atoms with Gasteiger partial charge in [-0.15, -0.1) is 0 Å². The van der Waals surface area contributed by atoms with Crippen molar-refractivity contribution in [2.24, 2.45) is 0 Å². The summed E-state index contributed by atoms with van der Waals surface area (Å²) in [5, 5.41) is 0. The normalized spacial score (nSPS) is 16.4. The zero-order chi connectivity index (χ0) is 34.5. The van der Waals surface area contributed by atoms with Crippen LogP contribution in [0.4, 0.5) is 0 Å². The molecular weight excluding hydrogens is 623 g/mol. The van der Waals surface area contributed by atoms with Gasteiger partial charge in [0.25, 0.3) is 0 Å². The van der Waals surface area contributed by atoms with E-state index in [2.05, 4.69) is 149 Å². The molecule has 0 fully saturated rings. The summed E-state index contributed by atoms with van der Waals surface area (Å²) in [4.78, 5) is 15.4. The van der Waals surface area contributed by atoms with Crippen LogP contribution in [0.1, 0.15) is 67.5 Å². The number of aromatic nitrogens is 3. The largest absolute Gasteiger partial charge is 0.457 e. The number of benzene rings is 6. The summed E-state index contributed by atoms with van der Waals surface area (Å²) in [5.41, 5.74) is 12.6. The first-order valence-electron chi connectivity index (χ1n) is 17.8. The van der Waals surface area contributed by atoms with Crippen LogP contribution >= 0.6 is 0 Å². The van der Waals surface area contributed by atoms with E-state index in [1.807, 2.05) is 18.2 Å². The van der Waals surface area contributed by atoms with Crippen LogP contribution in [0.15, 0.2) is 140 Å². The molecule has 0 unspecified atom stereocenters. The van der Waals surface area contributed by atoms with Crippen molar-refractivity contribution in [2.75, 3.05) is 0 Å². The van der Waals surface area contributed by atoms with Gasteiger partial charge >= 0.3 is 0 Å². The molecule has 3 aliphatic rings. The van der Waals surface area contributed by atoms with Crippen LogP contribution in [-0.2, 0) is 16.2 Å². The van der Waals surface area contributed by atoms with Crippen molar-refractivity contribution in [1.29, 1.82) is 0 Å². The minimum atomic E-state index is -0.514. The standard InChI is InChI=1S/C47H37N3O/c1-45(2)28-46(3,4)39-26-30(22-24-36(39)45)43-48-42(29-14-6-5-7-15-29)49-44(50-43)31-23-25-38-41(27-31)51-40-21-13-12-20-37(40)47(38)34-18-10-8-16-32(34)33-17-9-11-19-35(33)47/h5-27H,28H2,1-4H3. The first kappa shape index (κ1) is 30.0. The molecule has 1 spiro atoms. The highest BCUT2D eigenvalue weighted by molar-refractivity contribution is 5.89. The van der Waals surface area contributed by atoms with E-state index in [9.17, 15) is 0 Å². The fourth-order valence-electron chi connectivity index (χ4n) is 9.48. The van der Waals surface area contributed by atoms with Crippen molar-refractivity contribution in [3.05, 3.63) is 173 Å². The second kappa shape index (κ2) is 10.6. The van der Waals surface area contributed by atoms with Gasteiger partial charge in [0.05, 0.1) is 5.41 Å². The first-order chi connectivity index (χ1) is 24.7. The van der Waals surface area contributed by atoms with Crippen molar-refractivity contribution < 1.29 is 4.74 Å². The van der Waals surface area contributed by atoms with E-state index in [-0.39, 0.29) is 10.8 Å². The first-order valence-corrected chi connectivity index (χ1v) is 17.8. The van der Waals surface area contributed by atoms with E-state index >= 15 is 0 Å². The van der Waals surface area contributed by atoms with E-state index in [1.54, 1.807) is 0 Å². The molecule has 51 heavy (non-hydrogen) atoms. The Morgan fingerprint density at radius 3 is 1.57 bits per heavy atom. The van der Waals surface area contributed by atoms with E-state index in [1.165, 1.54) is 33.4 Å². The Morgan fingerprint density at radius 1 is 0.412 bits per heavy atom. The molecule has 0 saturated carbocycles. The Kier molecular flexibility index (Phi) is 6.22. The van der Waals surface area contributed by atoms with Gasteiger partial charge in [-0.1, -0.05) is 149 Å². The van der Waals surface area contributed by atoms with Gasteiger partial charge in [-0.2, -0.15) is 0 Å².